The van der Waals surface area contributed by atoms with Gasteiger partial charge in [0.05, 0.1) is 4.90 Å². The number of hydrogen-bond acceptors (Lipinski definition) is 3. The largest absolute Gasteiger partial charge is 0.322 e. The first-order valence-electron chi connectivity index (χ1n) is 7.13. The maximum Gasteiger partial charge on any atom is 0.255 e. The topological polar surface area (TPSA) is 66.5 Å². The zero-order valence-corrected chi connectivity index (χ0v) is 14.4. The molecule has 0 spiro atoms. The van der Waals surface area contributed by atoms with Crippen LogP contribution in [0.2, 0.25) is 0 Å². The number of amides is 1. The maximum atomic E-state index is 12.3. The lowest BCUT2D eigenvalue weighted by atomic mass is 10.1. The van der Waals surface area contributed by atoms with Gasteiger partial charge in [-0.15, -0.1) is 0 Å². The van der Waals surface area contributed by atoms with E-state index in [9.17, 15) is 13.2 Å². The van der Waals surface area contributed by atoms with Crippen molar-refractivity contribution in [2.24, 2.45) is 0 Å². The van der Waals surface area contributed by atoms with Crippen LogP contribution in [0.4, 0.5) is 5.69 Å². The third-order valence-electron chi connectivity index (χ3n) is 3.55. The van der Waals surface area contributed by atoms with Crippen LogP contribution in [-0.2, 0) is 10.0 Å². The Bertz CT molecular complexity index is 825. The summed E-state index contributed by atoms with van der Waals surface area (Å²) in [5.41, 5.74) is 2.87. The average Bonchev–Trinajstić information content (AvgIpc) is 2.49. The monoisotopic (exact) mass is 332 g/mol. The van der Waals surface area contributed by atoms with E-state index < -0.39 is 10.0 Å². The molecular weight excluding hydrogens is 312 g/mol. The summed E-state index contributed by atoms with van der Waals surface area (Å²) in [5.74, 6) is -0.271. The SMILES string of the molecule is Cc1ccc(C(=O)Nc2cc(S(=O)(=O)N(C)C)ccc2C)cc1. The summed E-state index contributed by atoms with van der Waals surface area (Å²) in [5, 5.41) is 2.78. The Kier molecular flexibility index (Phi) is 4.87. The van der Waals surface area contributed by atoms with Crippen LogP contribution in [0.1, 0.15) is 21.5 Å². The highest BCUT2D eigenvalue weighted by Crippen LogP contribution is 2.22. The number of nitrogens with zero attached hydrogens (tertiary/aromatic N) is 1. The fourth-order valence-electron chi connectivity index (χ4n) is 2.01. The number of aryl methyl sites for hydroxylation is 2. The van der Waals surface area contributed by atoms with Crippen LogP contribution < -0.4 is 5.32 Å². The van der Waals surface area contributed by atoms with Gasteiger partial charge in [0.25, 0.3) is 5.91 Å². The van der Waals surface area contributed by atoms with Gasteiger partial charge in [0, 0.05) is 25.3 Å². The van der Waals surface area contributed by atoms with Gasteiger partial charge in [0.2, 0.25) is 10.0 Å². The molecule has 5 nitrogen and oxygen atoms in total. The number of nitrogens with one attached hydrogen (secondary N) is 1. The standard InChI is InChI=1S/C17H20N2O3S/c1-12-5-8-14(9-6-12)17(20)18-16-11-15(10-7-13(16)2)23(21,22)19(3)4/h5-11H,1-4H3,(H,18,20). The second kappa shape index (κ2) is 6.52. The lowest BCUT2D eigenvalue weighted by molar-refractivity contribution is 0.102. The van der Waals surface area contributed by atoms with Gasteiger partial charge in [-0.2, -0.15) is 0 Å². The molecule has 0 atom stereocenters. The summed E-state index contributed by atoms with van der Waals surface area (Å²) in [6, 6.07) is 11.9. The molecule has 0 fully saturated rings. The molecule has 0 aliphatic rings. The molecule has 2 aromatic carbocycles. The zero-order chi connectivity index (χ0) is 17.2. The molecule has 0 bridgehead atoms. The smallest absolute Gasteiger partial charge is 0.255 e. The molecule has 0 saturated carbocycles. The van der Waals surface area contributed by atoms with E-state index in [0.29, 0.717) is 11.3 Å². The maximum absolute atomic E-state index is 12.3. The van der Waals surface area contributed by atoms with E-state index in [-0.39, 0.29) is 10.8 Å². The molecule has 122 valence electrons. The van der Waals surface area contributed by atoms with Crippen molar-refractivity contribution in [1.29, 1.82) is 0 Å². The van der Waals surface area contributed by atoms with Crippen LogP contribution in [0.15, 0.2) is 47.4 Å². The molecule has 1 N–H and O–H groups in total. The van der Waals surface area contributed by atoms with E-state index in [1.54, 1.807) is 18.2 Å². The minimum absolute atomic E-state index is 0.146. The van der Waals surface area contributed by atoms with E-state index in [2.05, 4.69) is 5.32 Å². The highest BCUT2D eigenvalue weighted by molar-refractivity contribution is 7.89. The molecule has 1 amide bonds. The van der Waals surface area contributed by atoms with Crippen LogP contribution in [0, 0.1) is 13.8 Å². The molecule has 2 rings (SSSR count). The molecule has 6 heteroatoms. The van der Waals surface area contributed by atoms with Crippen molar-refractivity contribution in [3.05, 3.63) is 59.2 Å². The summed E-state index contributed by atoms with van der Waals surface area (Å²) < 4.78 is 25.5. The fraction of sp³-hybridized carbons (Fsp3) is 0.235. The first-order valence-corrected chi connectivity index (χ1v) is 8.57. The number of benzene rings is 2. The number of carbonyl (C=O) groups excluding carboxylic acids is 1. The van der Waals surface area contributed by atoms with E-state index in [1.807, 2.05) is 26.0 Å². The van der Waals surface area contributed by atoms with Crippen LogP contribution in [0.25, 0.3) is 0 Å². The predicted molar refractivity (Wildman–Crippen MR) is 91.2 cm³/mol. The van der Waals surface area contributed by atoms with Crippen molar-refractivity contribution < 1.29 is 13.2 Å². The van der Waals surface area contributed by atoms with E-state index in [1.165, 1.54) is 26.2 Å². The first-order chi connectivity index (χ1) is 10.7. The summed E-state index contributed by atoms with van der Waals surface area (Å²) in [6.07, 6.45) is 0. The molecule has 23 heavy (non-hydrogen) atoms. The minimum atomic E-state index is -3.54. The van der Waals surface area contributed by atoms with Gasteiger partial charge >= 0.3 is 0 Å². The second-order valence-corrected chi connectivity index (χ2v) is 7.74. The number of anilines is 1. The van der Waals surface area contributed by atoms with E-state index in [4.69, 9.17) is 0 Å². The molecule has 0 unspecified atom stereocenters. The van der Waals surface area contributed by atoms with Crippen LogP contribution >= 0.6 is 0 Å². The minimum Gasteiger partial charge on any atom is -0.322 e. The van der Waals surface area contributed by atoms with Crippen LogP contribution in [0.5, 0.6) is 0 Å². The zero-order valence-electron chi connectivity index (χ0n) is 13.6. The lowest BCUT2D eigenvalue weighted by Gasteiger charge is -2.14. The Morgan fingerprint density at radius 1 is 1.00 bits per heavy atom. The molecule has 0 radical (unpaired) electrons. The average molecular weight is 332 g/mol. The Morgan fingerprint density at radius 2 is 1.61 bits per heavy atom. The molecular formula is C17H20N2O3S. The first kappa shape index (κ1) is 17.2. The second-order valence-electron chi connectivity index (χ2n) is 5.58. The summed E-state index contributed by atoms with van der Waals surface area (Å²) >= 11 is 0. The fourth-order valence-corrected chi connectivity index (χ4v) is 2.93. The molecule has 0 aliphatic carbocycles. The number of carbonyl (C=O) groups is 1. The van der Waals surface area contributed by atoms with Gasteiger partial charge in [-0.1, -0.05) is 23.8 Å². The molecule has 2 aromatic rings. The van der Waals surface area contributed by atoms with Gasteiger partial charge < -0.3 is 5.32 Å². The van der Waals surface area contributed by atoms with Crippen molar-refractivity contribution in [3.63, 3.8) is 0 Å². The Labute approximate surface area is 137 Å². The lowest BCUT2D eigenvalue weighted by Crippen LogP contribution is -2.22. The third-order valence-corrected chi connectivity index (χ3v) is 5.36. The molecule has 0 heterocycles. The van der Waals surface area contributed by atoms with Crippen molar-refractivity contribution in [2.75, 3.05) is 19.4 Å². The quantitative estimate of drug-likeness (QED) is 0.936. The molecule has 0 saturated heterocycles. The van der Waals surface area contributed by atoms with E-state index in [0.717, 1.165) is 15.4 Å². The van der Waals surface area contributed by atoms with Crippen molar-refractivity contribution in [1.82, 2.24) is 4.31 Å². The van der Waals surface area contributed by atoms with Crippen molar-refractivity contribution in [2.45, 2.75) is 18.7 Å². The number of sulfonamides is 1. The van der Waals surface area contributed by atoms with Gasteiger partial charge in [0.15, 0.2) is 0 Å². The van der Waals surface area contributed by atoms with Crippen molar-refractivity contribution in [3.8, 4) is 0 Å². The molecule has 0 aliphatic heterocycles. The predicted octanol–water partition coefficient (Wildman–Crippen LogP) is 2.81. The third kappa shape index (κ3) is 3.78. The Balaban J connectivity index is 2.33. The highest BCUT2D eigenvalue weighted by atomic mass is 32.2. The normalized spacial score (nSPS) is 11.5. The number of hydrogen-bond donors (Lipinski definition) is 1. The Hall–Kier alpha value is -2.18. The summed E-state index contributed by atoms with van der Waals surface area (Å²) in [7, 11) is -0.596. The summed E-state index contributed by atoms with van der Waals surface area (Å²) in [6.45, 7) is 3.76. The van der Waals surface area contributed by atoms with Crippen LogP contribution in [-0.4, -0.2) is 32.7 Å². The number of rotatable bonds is 4. The van der Waals surface area contributed by atoms with Crippen LogP contribution in [0.3, 0.4) is 0 Å². The van der Waals surface area contributed by atoms with Gasteiger partial charge in [-0.25, -0.2) is 12.7 Å². The highest BCUT2D eigenvalue weighted by Gasteiger charge is 2.18. The Morgan fingerprint density at radius 3 is 2.17 bits per heavy atom. The van der Waals surface area contributed by atoms with E-state index >= 15 is 0 Å². The van der Waals surface area contributed by atoms with Gasteiger partial charge in [-0.3, -0.25) is 4.79 Å². The summed E-state index contributed by atoms with van der Waals surface area (Å²) in [4.78, 5) is 12.4. The van der Waals surface area contributed by atoms with Crippen molar-refractivity contribution >= 4 is 21.6 Å². The molecule has 0 aromatic heterocycles. The van der Waals surface area contributed by atoms with Gasteiger partial charge in [0.1, 0.15) is 0 Å². The van der Waals surface area contributed by atoms with Gasteiger partial charge in [-0.05, 0) is 43.7 Å².